The van der Waals surface area contributed by atoms with Gasteiger partial charge in [-0.25, -0.2) is 5.01 Å². The van der Waals surface area contributed by atoms with Gasteiger partial charge in [-0.05, 0) is 35.4 Å². The van der Waals surface area contributed by atoms with E-state index < -0.39 is 0 Å². The molecule has 1 amide bonds. The van der Waals surface area contributed by atoms with Crippen molar-refractivity contribution < 1.29 is 9.53 Å². The summed E-state index contributed by atoms with van der Waals surface area (Å²) in [5, 5.41) is 14.0. The van der Waals surface area contributed by atoms with Crippen LogP contribution in [-0.2, 0) is 11.2 Å². The lowest BCUT2D eigenvalue weighted by molar-refractivity contribution is -0.128. The summed E-state index contributed by atoms with van der Waals surface area (Å²) in [5.74, 6) is 0.605. The number of rotatable bonds is 8. The number of nitriles is 1. The molecule has 0 radical (unpaired) electrons. The van der Waals surface area contributed by atoms with Gasteiger partial charge in [0.25, 0.3) is 0 Å². The summed E-state index contributed by atoms with van der Waals surface area (Å²) in [6, 6.07) is 19.7. The molecule has 2 rings (SSSR count). The van der Waals surface area contributed by atoms with Crippen molar-refractivity contribution in [2.24, 2.45) is 5.10 Å². The lowest BCUT2D eigenvalue weighted by Gasteiger charge is -2.12. The van der Waals surface area contributed by atoms with Crippen LogP contribution >= 0.6 is 0 Å². The minimum Gasteiger partial charge on any atom is -0.493 e. The first kappa shape index (κ1) is 18.2. The molecule has 5 nitrogen and oxygen atoms in total. The molecule has 0 bridgehead atoms. The molecule has 0 aliphatic rings. The van der Waals surface area contributed by atoms with Crippen LogP contribution in [0.1, 0.15) is 24.5 Å². The third kappa shape index (κ3) is 6.48. The predicted molar refractivity (Wildman–Crippen MR) is 97.3 cm³/mol. The number of ether oxygens (including phenoxy) is 1. The molecule has 25 heavy (non-hydrogen) atoms. The van der Waals surface area contributed by atoms with E-state index in [-0.39, 0.29) is 12.3 Å². The highest BCUT2D eigenvalue weighted by molar-refractivity contribution is 5.81. The molecule has 128 valence electrons. The van der Waals surface area contributed by atoms with Crippen molar-refractivity contribution >= 4 is 12.1 Å². The Bertz CT molecular complexity index is 734. The molecular formula is C20H21N3O2. The average molecular weight is 335 g/mol. The molecule has 0 heterocycles. The predicted octanol–water partition coefficient (Wildman–Crippen LogP) is 3.40. The Morgan fingerprint density at radius 3 is 2.56 bits per heavy atom. The first-order valence-corrected chi connectivity index (χ1v) is 8.15. The second kappa shape index (κ2) is 9.89. The highest BCUT2D eigenvalue weighted by atomic mass is 16.5. The minimum absolute atomic E-state index is 0.188. The van der Waals surface area contributed by atoms with Gasteiger partial charge in [0, 0.05) is 13.3 Å². The summed E-state index contributed by atoms with van der Waals surface area (Å²) >= 11 is 0. The maximum atomic E-state index is 11.4. The molecule has 5 heteroatoms. The zero-order valence-electron chi connectivity index (χ0n) is 14.3. The second-order valence-electron chi connectivity index (χ2n) is 5.45. The Hall–Kier alpha value is -3.13. The Morgan fingerprint density at radius 2 is 1.92 bits per heavy atom. The van der Waals surface area contributed by atoms with Crippen LogP contribution in [0.5, 0.6) is 5.75 Å². The molecule has 0 N–H and O–H groups in total. The fourth-order valence-corrected chi connectivity index (χ4v) is 2.17. The van der Waals surface area contributed by atoms with Gasteiger partial charge in [0.15, 0.2) is 0 Å². The van der Waals surface area contributed by atoms with E-state index in [1.807, 2.05) is 48.5 Å². The zero-order valence-corrected chi connectivity index (χ0v) is 14.3. The van der Waals surface area contributed by atoms with Gasteiger partial charge in [-0.15, -0.1) is 0 Å². The van der Waals surface area contributed by atoms with Crippen molar-refractivity contribution in [1.29, 1.82) is 5.26 Å². The second-order valence-corrected chi connectivity index (χ2v) is 5.45. The summed E-state index contributed by atoms with van der Waals surface area (Å²) in [4.78, 5) is 11.4. The van der Waals surface area contributed by atoms with Crippen molar-refractivity contribution in [3.63, 3.8) is 0 Å². The van der Waals surface area contributed by atoms with Crippen LogP contribution in [0.2, 0.25) is 0 Å². The van der Waals surface area contributed by atoms with Crippen LogP contribution in [0.4, 0.5) is 0 Å². The number of carbonyl (C=O) groups excluding carboxylic acids is 1. The van der Waals surface area contributed by atoms with Crippen molar-refractivity contribution in [3.05, 3.63) is 65.7 Å². The molecule has 0 aliphatic heterocycles. The van der Waals surface area contributed by atoms with Gasteiger partial charge < -0.3 is 4.74 Å². The number of hydrazone groups is 1. The van der Waals surface area contributed by atoms with E-state index >= 15 is 0 Å². The van der Waals surface area contributed by atoms with E-state index in [9.17, 15) is 4.79 Å². The Balaban J connectivity index is 1.85. The molecule has 0 aromatic heterocycles. The van der Waals surface area contributed by atoms with Crippen LogP contribution in [-0.4, -0.2) is 30.3 Å². The third-order valence-corrected chi connectivity index (χ3v) is 3.53. The lowest BCUT2D eigenvalue weighted by atomic mass is 10.2. The molecule has 0 spiro atoms. The topological polar surface area (TPSA) is 65.7 Å². The van der Waals surface area contributed by atoms with E-state index in [0.717, 1.165) is 17.7 Å². The first-order chi connectivity index (χ1) is 12.2. The number of benzene rings is 2. The highest BCUT2D eigenvalue weighted by Crippen LogP contribution is 2.12. The maximum absolute atomic E-state index is 11.4. The maximum Gasteiger partial charge on any atom is 0.239 e. The zero-order chi connectivity index (χ0) is 17.9. The SMILES string of the molecule is CC(=O)N(CCC#N)N=Cc1ccc(OCCc2ccccc2)cc1. The van der Waals surface area contributed by atoms with Gasteiger partial charge >= 0.3 is 0 Å². The lowest BCUT2D eigenvalue weighted by Crippen LogP contribution is -2.24. The molecule has 0 saturated carbocycles. The minimum atomic E-state index is -0.188. The van der Waals surface area contributed by atoms with Gasteiger partial charge in [0.1, 0.15) is 5.75 Å². The fraction of sp³-hybridized carbons (Fsp3) is 0.250. The van der Waals surface area contributed by atoms with Crippen LogP contribution in [0.3, 0.4) is 0 Å². The van der Waals surface area contributed by atoms with Gasteiger partial charge in [-0.2, -0.15) is 10.4 Å². The largest absolute Gasteiger partial charge is 0.493 e. The summed E-state index contributed by atoms with van der Waals surface area (Å²) in [6.07, 6.45) is 2.72. The number of amides is 1. The molecule has 0 fully saturated rings. The number of nitrogens with zero attached hydrogens (tertiary/aromatic N) is 3. The summed E-state index contributed by atoms with van der Waals surface area (Å²) < 4.78 is 5.74. The molecule has 0 saturated heterocycles. The van der Waals surface area contributed by atoms with Crippen LogP contribution in [0, 0.1) is 11.3 Å². The Kier molecular flexibility index (Phi) is 7.20. The van der Waals surface area contributed by atoms with Crippen molar-refractivity contribution in [1.82, 2.24) is 5.01 Å². The van der Waals surface area contributed by atoms with E-state index in [2.05, 4.69) is 17.2 Å². The van der Waals surface area contributed by atoms with Gasteiger partial charge in [0.2, 0.25) is 5.91 Å². The molecular weight excluding hydrogens is 314 g/mol. The van der Waals surface area contributed by atoms with Crippen molar-refractivity contribution in [2.75, 3.05) is 13.2 Å². The normalized spacial score (nSPS) is 10.4. The number of hydrogen-bond acceptors (Lipinski definition) is 4. The number of carbonyl (C=O) groups is 1. The summed E-state index contributed by atoms with van der Waals surface area (Å²) in [6.45, 7) is 2.34. The molecule has 2 aromatic rings. The first-order valence-electron chi connectivity index (χ1n) is 8.15. The van der Waals surface area contributed by atoms with E-state index in [1.54, 1.807) is 6.21 Å². The molecule has 0 unspecified atom stereocenters. The Labute approximate surface area is 148 Å². The smallest absolute Gasteiger partial charge is 0.239 e. The molecule has 0 atom stereocenters. The monoisotopic (exact) mass is 335 g/mol. The van der Waals surface area contributed by atoms with Crippen LogP contribution in [0.25, 0.3) is 0 Å². The van der Waals surface area contributed by atoms with Gasteiger partial charge in [0.05, 0.1) is 31.9 Å². The summed E-state index contributed by atoms with van der Waals surface area (Å²) in [5.41, 5.74) is 2.10. The summed E-state index contributed by atoms with van der Waals surface area (Å²) in [7, 11) is 0. The van der Waals surface area contributed by atoms with Crippen LogP contribution < -0.4 is 4.74 Å². The number of hydrogen-bond donors (Lipinski definition) is 0. The standard InChI is InChI=1S/C20H21N3O2/c1-17(24)23(14-5-13-21)22-16-19-8-10-20(11-9-19)25-15-12-18-6-3-2-4-7-18/h2-4,6-11,16H,5,12,14-15H2,1H3. The quantitative estimate of drug-likeness (QED) is 0.548. The van der Waals surface area contributed by atoms with Crippen molar-refractivity contribution in [2.45, 2.75) is 19.8 Å². The van der Waals surface area contributed by atoms with Crippen LogP contribution in [0.15, 0.2) is 59.7 Å². The highest BCUT2D eigenvalue weighted by Gasteiger charge is 2.05. The molecule has 0 aliphatic carbocycles. The van der Waals surface area contributed by atoms with E-state index in [4.69, 9.17) is 10.00 Å². The van der Waals surface area contributed by atoms with E-state index in [1.165, 1.54) is 17.5 Å². The third-order valence-electron chi connectivity index (χ3n) is 3.53. The van der Waals surface area contributed by atoms with E-state index in [0.29, 0.717) is 13.2 Å². The fourth-order valence-electron chi connectivity index (χ4n) is 2.17. The molecule has 2 aromatic carbocycles. The Morgan fingerprint density at radius 1 is 1.20 bits per heavy atom. The van der Waals surface area contributed by atoms with Crippen molar-refractivity contribution in [3.8, 4) is 11.8 Å². The van der Waals surface area contributed by atoms with Gasteiger partial charge in [-0.3, -0.25) is 4.79 Å². The average Bonchev–Trinajstić information content (AvgIpc) is 2.63. The van der Waals surface area contributed by atoms with Gasteiger partial charge in [-0.1, -0.05) is 30.3 Å².